The summed E-state index contributed by atoms with van der Waals surface area (Å²) in [6.45, 7) is 3.01. The van der Waals surface area contributed by atoms with Crippen molar-refractivity contribution in [3.63, 3.8) is 0 Å². The Morgan fingerprint density at radius 1 is 1.13 bits per heavy atom. The molecule has 2 aromatic carbocycles. The number of hydrazone groups is 1. The fraction of sp³-hybridized carbons (Fsp3) is 0.222. The highest BCUT2D eigenvalue weighted by atomic mass is 35.5. The second kappa shape index (κ2) is 7.00. The Kier molecular flexibility index (Phi) is 5.00. The first kappa shape index (κ1) is 16.4. The van der Waals surface area contributed by atoms with Gasteiger partial charge in [-0.05, 0) is 30.0 Å². The molecule has 0 saturated heterocycles. The first-order valence-electron chi connectivity index (χ1n) is 7.44. The molecule has 5 heteroatoms. The third-order valence-corrected chi connectivity index (χ3v) is 4.96. The van der Waals surface area contributed by atoms with Crippen molar-refractivity contribution in [3.8, 4) is 0 Å². The lowest BCUT2D eigenvalue weighted by atomic mass is 9.97. The standard InChI is InChI=1S/C18H16Cl2N2S/c1-12-9-17(13-5-3-2-4-6-13)21-22(11-12)18(23)14-7-8-15(19)16(20)10-14/h2-8,10,12H,9,11H2,1H3/t12-/m1/s1. The summed E-state index contributed by atoms with van der Waals surface area (Å²) < 4.78 is 0. The zero-order valence-electron chi connectivity index (χ0n) is 12.7. The van der Waals surface area contributed by atoms with E-state index < -0.39 is 0 Å². The Bertz CT molecular complexity index is 759. The average molecular weight is 363 g/mol. The van der Waals surface area contributed by atoms with E-state index in [9.17, 15) is 0 Å². The molecule has 0 spiro atoms. The van der Waals surface area contributed by atoms with Gasteiger partial charge in [0.25, 0.3) is 0 Å². The van der Waals surface area contributed by atoms with Crippen molar-refractivity contribution in [3.05, 3.63) is 69.7 Å². The Balaban J connectivity index is 1.91. The van der Waals surface area contributed by atoms with Gasteiger partial charge in [-0.1, -0.05) is 78.7 Å². The van der Waals surface area contributed by atoms with Crippen molar-refractivity contribution in [2.24, 2.45) is 11.0 Å². The van der Waals surface area contributed by atoms with Gasteiger partial charge in [0.2, 0.25) is 0 Å². The van der Waals surface area contributed by atoms with Gasteiger partial charge in [0.15, 0.2) is 0 Å². The van der Waals surface area contributed by atoms with Crippen LogP contribution in [0.15, 0.2) is 53.6 Å². The minimum atomic E-state index is 0.475. The van der Waals surface area contributed by atoms with Crippen molar-refractivity contribution in [1.29, 1.82) is 0 Å². The molecule has 2 nitrogen and oxygen atoms in total. The number of thiocarbonyl (C=S) groups is 1. The second-order valence-corrected chi connectivity index (χ2v) is 6.94. The fourth-order valence-electron chi connectivity index (χ4n) is 2.63. The lowest BCUT2D eigenvalue weighted by molar-refractivity contribution is 0.355. The van der Waals surface area contributed by atoms with E-state index in [-0.39, 0.29) is 0 Å². The number of rotatable bonds is 2. The minimum absolute atomic E-state index is 0.475. The van der Waals surface area contributed by atoms with Crippen molar-refractivity contribution < 1.29 is 0 Å². The Morgan fingerprint density at radius 2 is 1.87 bits per heavy atom. The van der Waals surface area contributed by atoms with Crippen LogP contribution in [-0.2, 0) is 0 Å². The minimum Gasteiger partial charge on any atom is -0.253 e. The van der Waals surface area contributed by atoms with Crippen LogP contribution in [0.3, 0.4) is 0 Å². The molecular weight excluding hydrogens is 347 g/mol. The molecule has 1 aliphatic rings. The van der Waals surface area contributed by atoms with Gasteiger partial charge in [0, 0.05) is 12.1 Å². The molecule has 0 fully saturated rings. The molecule has 118 valence electrons. The van der Waals surface area contributed by atoms with Crippen LogP contribution in [-0.4, -0.2) is 22.3 Å². The van der Waals surface area contributed by atoms with E-state index in [0.717, 1.165) is 29.8 Å². The largest absolute Gasteiger partial charge is 0.253 e. The van der Waals surface area contributed by atoms with E-state index in [1.54, 1.807) is 12.1 Å². The van der Waals surface area contributed by atoms with E-state index in [1.807, 2.05) is 29.3 Å². The highest BCUT2D eigenvalue weighted by Crippen LogP contribution is 2.25. The summed E-state index contributed by atoms with van der Waals surface area (Å²) in [5.41, 5.74) is 3.06. The van der Waals surface area contributed by atoms with Crippen LogP contribution < -0.4 is 0 Å². The lowest BCUT2D eigenvalue weighted by Crippen LogP contribution is -2.35. The maximum Gasteiger partial charge on any atom is 0.129 e. The normalized spacial score (nSPS) is 17.8. The summed E-state index contributed by atoms with van der Waals surface area (Å²) in [5.74, 6) is 0.475. The Labute approximate surface area is 151 Å². The molecule has 0 amide bonds. The van der Waals surface area contributed by atoms with E-state index in [1.165, 1.54) is 0 Å². The van der Waals surface area contributed by atoms with Crippen molar-refractivity contribution >= 4 is 46.1 Å². The zero-order valence-corrected chi connectivity index (χ0v) is 15.0. The van der Waals surface area contributed by atoms with E-state index in [0.29, 0.717) is 21.0 Å². The predicted octanol–water partition coefficient (Wildman–Crippen LogP) is 5.42. The van der Waals surface area contributed by atoms with Gasteiger partial charge >= 0.3 is 0 Å². The summed E-state index contributed by atoms with van der Waals surface area (Å²) in [6, 6.07) is 15.7. The molecule has 1 heterocycles. The number of hydrogen-bond acceptors (Lipinski definition) is 2. The summed E-state index contributed by atoms with van der Waals surface area (Å²) >= 11 is 17.7. The third-order valence-electron chi connectivity index (χ3n) is 3.78. The molecular formula is C18H16Cl2N2S. The number of halogens is 2. The molecule has 0 saturated carbocycles. The zero-order chi connectivity index (χ0) is 16.4. The highest BCUT2D eigenvalue weighted by molar-refractivity contribution is 7.80. The van der Waals surface area contributed by atoms with Gasteiger partial charge < -0.3 is 0 Å². The van der Waals surface area contributed by atoms with Crippen molar-refractivity contribution in [2.45, 2.75) is 13.3 Å². The molecule has 2 aromatic rings. The first-order chi connectivity index (χ1) is 11.0. The topological polar surface area (TPSA) is 15.6 Å². The fourth-order valence-corrected chi connectivity index (χ4v) is 3.17. The number of hydrogen-bond donors (Lipinski definition) is 0. The van der Waals surface area contributed by atoms with Gasteiger partial charge in [0.1, 0.15) is 4.99 Å². The first-order valence-corrected chi connectivity index (χ1v) is 8.61. The van der Waals surface area contributed by atoms with E-state index in [4.69, 9.17) is 40.5 Å². The van der Waals surface area contributed by atoms with Gasteiger partial charge in [-0.3, -0.25) is 5.01 Å². The average Bonchev–Trinajstić information content (AvgIpc) is 2.57. The van der Waals surface area contributed by atoms with E-state index >= 15 is 0 Å². The van der Waals surface area contributed by atoms with Crippen LogP contribution in [0.25, 0.3) is 0 Å². The monoisotopic (exact) mass is 362 g/mol. The smallest absolute Gasteiger partial charge is 0.129 e. The van der Waals surface area contributed by atoms with Gasteiger partial charge in [0.05, 0.1) is 15.8 Å². The van der Waals surface area contributed by atoms with Crippen molar-refractivity contribution in [2.75, 3.05) is 6.54 Å². The molecule has 1 atom stereocenters. The molecule has 0 unspecified atom stereocenters. The molecule has 0 N–H and O–H groups in total. The second-order valence-electron chi connectivity index (χ2n) is 5.74. The molecule has 0 bridgehead atoms. The maximum absolute atomic E-state index is 6.10. The van der Waals surface area contributed by atoms with Crippen molar-refractivity contribution in [1.82, 2.24) is 5.01 Å². The third kappa shape index (κ3) is 3.74. The number of nitrogens with zero attached hydrogens (tertiary/aromatic N) is 2. The molecule has 0 aromatic heterocycles. The molecule has 23 heavy (non-hydrogen) atoms. The SMILES string of the molecule is C[C@@H]1CC(c2ccccc2)=NN(C(=S)c2ccc(Cl)c(Cl)c2)C1. The molecule has 0 radical (unpaired) electrons. The van der Waals surface area contributed by atoms with Crippen LogP contribution in [0, 0.1) is 5.92 Å². The summed E-state index contributed by atoms with van der Waals surface area (Å²) in [4.78, 5) is 0.670. The summed E-state index contributed by atoms with van der Waals surface area (Å²) in [5, 5.41) is 7.69. The Hall–Kier alpha value is -1.42. The van der Waals surface area contributed by atoms with Gasteiger partial charge in [-0.25, -0.2) is 0 Å². The van der Waals surface area contributed by atoms with Crippen LogP contribution in [0.1, 0.15) is 24.5 Å². The molecule has 1 aliphatic heterocycles. The predicted molar refractivity (Wildman–Crippen MR) is 102 cm³/mol. The van der Waals surface area contributed by atoms with Crippen LogP contribution >= 0.6 is 35.4 Å². The highest BCUT2D eigenvalue weighted by Gasteiger charge is 2.23. The summed E-state index contributed by atoms with van der Waals surface area (Å²) in [6.07, 6.45) is 0.949. The molecule has 3 rings (SSSR count). The van der Waals surface area contributed by atoms with Gasteiger partial charge in [-0.15, -0.1) is 0 Å². The van der Waals surface area contributed by atoms with Gasteiger partial charge in [-0.2, -0.15) is 5.10 Å². The lowest BCUT2D eigenvalue weighted by Gasteiger charge is -2.30. The van der Waals surface area contributed by atoms with Crippen LogP contribution in [0.5, 0.6) is 0 Å². The number of benzene rings is 2. The van der Waals surface area contributed by atoms with Crippen LogP contribution in [0.4, 0.5) is 0 Å². The van der Waals surface area contributed by atoms with E-state index in [2.05, 4.69) is 19.1 Å². The molecule has 0 aliphatic carbocycles. The summed E-state index contributed by atoms with van der Waals surface area (Å²) in [7, 11) is 0. The maximum atomic E-state index is 6.10. The Morgan fingerprint density at radius 3 is 2.57 bits per heavy atom. The quantitative estimate of drug-likeness (QED) is 0.663. The van der Waals surface area contributed by atoms with Crippen LogP contribution in [0.2, 0.25) is 10.0 Å².